The van der Waals surface area contributed by atoms with E-state index in [1.54, 1.807) is 30.3 Å². The van der Waals surface area contributed by atoms with E-state index in [9.17, 15) is 13.2 Å². The Balaban J connectivity index is 1.44. The standard InChI is InChI=1S/C18H20N2O3S2/c1-12-7-8-17(24-12)18(21)20-11-13-9-14(20)10-16(13)19-25(22,23)15-5-3-2-4-6-15/h2-8,13-14,16,19H,9-11H2,1H3/t13-,14-,16-/m0/s1. The summed E-state index contributed by atoms with van der Waals surface area (Å²) in [6.07, 6.45) is 1.56. The lowest BCUT2D eigenvalue weighted by Gasteiger charge is -2.31. The smallest absolute Gasteiger partial charge is 0.264 e. The van der Waals surface area contributed by atoms with Crippen LogP contribution in [-0.4, -0.2) is 37.9 Å². The monoisotopic (exact) mass is 376 g/mol. The highest BCUT2D eigenvalue weighted by molar-refractivity contribution is 7.89. The minimum atomic E-state index is -3.50. The van der Waals surface area contributed by atoms with Crippen LogP contribution in [0.5, 0.6) is 0 Å². The van der Waals surface area contributed by atoms with Crippen LogP contribution in [-0.2, 0) is 10.0 Å². The van der Waals surface area contributed by atoms with Gasteiger partial charge in [-0.15, -0.1) is 11.3 Å². The number of piperidine rings is 1. The summed E-state index contributed by atoms with van der Waals surface area (Å²) in [4.78, 5) is 16.8. The Morgan fingerprint density at radius 3 is 2.52 bits per heavy atom. The second-order valence-corrected chi connectivity index (χ2v) is 9.80. The summed E-state index contributed by atoms with van der Waals surface area (Å²) < 4.78 is 27.9. The number of hydrogen-bond acceptors (Lipinski definition) is 4. The lowest BCUT2D eigenvalue weighted by molar-refractivity contribution is 0.0696. The fraction of sp³-hybridized carbons (Fsp3) is 0.389. The molecule has 1 amide bonds. The molecule has 2 fully saturated rings. The highest BCUT2D eigenvalue weighted by Gasteiger charge is 2.47. The molecule has 2 aromatic rings. The molecule has 3 atom stereocenters. The van der Waals surface area contributed by atoms with Crippen LogP contribution in [0.2, 0.25) is 0 Å². The number of rotatable bonds is 4. The number of thiophene rings is 1. The third kappa shape index (κ3) is 3.12. The molecule has 0 radical (unpaired) electrons. The molecule has 1 aromatic carbocycles. The molecule has 2 bridgehead atoms. The lowest BCUT2D eigenvalue weighted by atomic mass is 10.0. The van der Waals surface area contributed by atoms with Crippen molar-refractivity contribution in [2.45, 2.75) is 36.7 Å². The second kappa shape index (κ2) is 6.23. The maximum Gasteiger partial charge on any atom is 0.264 e. The number of fused-ring (bicyclic) bond motifs is 2. The van der Waals surface area contributed by atoms with Crippen molar-refractivity contribution < 1.29 is 13.2 Å². The zero-order valence-corrected chi connectivity index (χ0v) is 15.5. The maximum atomic E-state index is 12.7. The van der Waals surface area contributed by atoms with Gasteiger partial charge in [-0.25, -0.2) is 13.1 Å². The number of benzene rings is 1. The van der Waals surface area contributed by atoms with Crippen LogP contribution in [0, 0.1) is 12.8 Å². The van der Waals surface area contributed by atoms with E-state index < -0.39 is 10.0 Å². The number of hydrogen-bond donors (Lipinski definition) is 1. The van der Waals surface area contributed by atoms with Crippen LogP contribution in [0.4, 0.5) is 0 Å². The van der Waals surface area contributed by atoms with Crippen LogP contribution in [0.15, 0.2) is 47.4 Å². The zero-order valence-electron chi connectivity index (χ0n) is 13.9. The molecule has 1 saturated heterocycles. The van der Waals surface area contributed by atoms with E-state index in [-0.39, 0.29) is 23.9 Å². The summed E-state index contributed by atoms with van der Waals surface area (Å²) in [7, 11) is -3.50. The molecular weight excluding hydrogens is 356 g/mol. The Bertz CT molecular complexity index is 892. The second-order valence-electron chi connectivity index (χ2n) is 6.79. The number of nitrogens with one attached hydrogen (secondary N) is 1. The SMILES string of the molecule is Cc1ccc(C(=O)N2C[C@@H]3C[C@H]2C[C@@H]3NS(=O)(=O)c2ccccc2)s1. The molecular formula is C18H20N2O3S2. The van der Waals surface area contributed by atoms with Gasteiger partial charge in [0.2, 0.25) is 10.0 Å². The number of aryl methyl sites for hydroxylation is 1. The molecule has 4 rings (SSSR count). The summed E-state index contributed by atoms with van der Waals surface area (Å²) in [6.45, 7) is 2.62. The van der Waals surface area contributed by atoms with Crippen LogP contribution >= 0.6 is 11.3 Å². The molecule has 1 N–H and O–H groups in total. The number of carbonyl (C=O) groups is 1. The third-order valence-corrected chi connectivity index (χ3v) is 7.61. The van der Waals surface area contributed by atoms with Crippen LogP contribution in [0.1, 0.15) is 27.4 Å². The van der Waals surface area contributed by atoms with Gasteiger partial charge in [-0.2, -0.15) is 0 Å². The molecule has 0 spiro atoms. The van der Waals surface area contributed by atoms with Gasteiger partial charge in [-0.3, -0.25) is 4.79 Å². The lowest BCUT2D eigenvalue weighted by Crippen LogP contribution is -2.47. The van der Waals surface area contributed by atoms with E-state index in [1.807, 2.05) is 24.0 Å². The summed E-state index contributed by atoms with van der Waals surface area (Å²) >= 11 is 1.52. The van der Waals surface area contributed by atoms with Crippen molar-refractivity contribution in [3.63, 3.8) is 0 Å². The first-order valence-corrected chi connectivity index (χ1v) is 10.7. The van der Waals surface area contributed by atoms with Gasteiger partial charge in [-0.1, -0.05) is 18.2 Å². The van der Waals surface area contributed by atoms with Crippen molar-refractivity contribution in [1.82, 2.24) is 9.62 Å². The molecule has 2 aliphatic rings. The molecule has 7 heteroatoms. The van der Waals surface area contributed by atoms with Gasteiger partial charge >= 0.3 is 0 Å². The number of carbonyl (C=O) groups excluding carboxylic acids is 1. The normalized spacial score (nSPS) is 25.5. The molecule has 1 saturated carbocycles. The number of amides is 1. The van der Waals surface area contributed by atoms with Gasteiger partial charge in [0.25, 0.3) is 5.91 Å². The highest BCUT2D eigenvalue weighted by atomic mass is 32.2. The van der Waals surface area contributed by atoms with Gasteiger partial charge in [0.05, 0.1) is 9.77 Å². The number of sulfonamides is 1. The Morgan fingerprint density at radius 2 is 1.92 bits per heavy atom. The van der Waals surface area contributed by atoms with E-state index in [2.05, 4.69) is 4.72 Å². The first kappa shape index (κ1) is 16.8. The van der Waals surface area contributed by atoms with Crippen molar-refractivity contribution in [3.8, 4) is 0 Å². The largest absolute Gasteiger partial charge is 0.335 e. The van der Waals surface area contributed by atoms with Crippen LogP contribution in [0.25, 0.3) is 0 Å². The minimum Gasteiger partial charge on any atom is -0.335 e. The molecule has 1 aliphatic heterocycles. The first-order chi connectivity index (χ1) is 11.9. The average molecular weight is 377 g/mol. The first-order valence-electron chi connectivity index (χ1n) is 8.39. The minimum absolute atomic E-state index is 0.0787. The Morgan fingerprint density at radius 1 is 1.16 bits per heavy atom. The van der Waals surface area contributed by atoms with Crippen molar-refractivity contribution >= 4 is 27.3 Å². The fourth-order valence-corrected chi connectivity index (χ4v) is 6.07. The van der Waals surface area contributed by atoms with E-state index in [1.165, 1.54) is 11.3 Å². The average Bonchev–Trinajstić information content (AvgIpc) is 3.30. The number of nitrogens with zero attached hydrogens (tertiary/aromatic N) is 1. The molecule has 1 aromatic heterocycles. The van der Waals surface area contributed by atoms with Gasteiger partial charge in [0.15, 0.2) is 0 Å². The molecule has 132 valence electrons. The zero-order chi connectivity index (χ0) is 17.6. The Kier molecular flexibility index (Phi) is 4.17. The summed E-state index contributed by atoms with van der Waals surface area (Å²) in [5.41, 5.74) is 0. The molecule has 25 heavy (non-hydrogen) atoms. The Labute approximate surface area is 151 Å². The summed E-state index contributed by atoms with van der Waals surface area (Å²) in [5, 5.41) is 0. The fourth-order valence-electron chi connectivity index (χ4n) is 3.90. The van der Waals surface area contributed by atoms with Crippen LogP contribution < -0.4 is 4.72 Å². The van der Waals surface area contributed by atoms with Gasteiger partial charge in [-0.05, 0) is 49.9 Å². The molecule has 0 unspecified atom stereocenters. The predicted molar refractivity (Wildman–Crippen MR) is 97.2 cm³/mol. The molecule has 2 heterocycles. The molecule has 5 nitrogen and oxygen atoms in total. The van der Waals surface area contributed by atoms with Crippen LogP contribution in [0.3, 0.4) is 0 Å². The van der Waals surface area contributed by atoms with Gasteiger partial charge < -0.3 is 4.90 Å². The van der Waals surface area contributed by atoms with Crippen molar-refractivity contribution in [3.05, 3.63) is 52.2 Å². The summed E-state index contributed by atoms with van der Waals surface area (Å²) in [6, 6.07) is 12.3. The highest BCUT2D eigenvalue weighted by Crippen LogP contribution is 2.39. The van der Waals surface area contributed by atoms with E-state index in [4.69, 9.17) is 0 Å². The Hall–Kier alpha value is -1.70. The van der Waals surface area contributed by atoms with Crippen molar-refractivity contribution in [2.75, 3.05) is 6.54 Å². The van der Waals surface area contributed by atoms with E-state index in [0.29, 0.717) is 17.9 Å². The van der Waals surface area contributed by atoms with Gasteiger partial charge in [0.1, 0.15) is 0 Å². The summed E-state index contributed by atoms with van der Waals surface area (Å²) in [5.74, 6) is 0.267. The topological polar surface area (TPSA) is 66.5 Å². The van der Waals surface area contributed by atoms with E-state index in [0.717, 1.165) is 16.2 Å². The van der Waals surface area contributed by atoms with Crippen molar-refractivity contribution in [1.29, 1.82) is 0 Å². The van der Waals surface area contributed by atoms with E-state index >= 15 is 0 Å². The number of likely N-dealkylation sites (tertiary alicyclic amines) is 1. The predicted octanol–water partition coefficient (Wildman–Crippen LogP) is 2.64. The van der Waals surface area contributed by atoms with Crippen molar-refractivity contribution in [2.24, 2.45) is 5.92 Å². The maximum absolute atomic E-state index is 12.7. The van der Waals surface area contributed by atoms with Gasteiger partial charge in [0, 0.05) is 23.5 Å². The third-order valence-electron chi connectivity index (χ3n) is 5.11. The quantitative estimate of drug-likeness (QED) is 0.892. The molecule has 1 aliphatic carbocycles.